The first kappa shape index (κ1) is 27.1. The maximum absolute atomic E-state index is 13.4. The molecule has 2 aromatic rings. The maximum atomic E-state index is 13.4. The Labute approximate surface area is 217 Å². The first-order valence-electron chi connectivity index (χ1n) is 12.2. The van der Waals surface area contributed by atoms with Gasteiger partial charge in [0.25, 0.3) is 5.91 Å². The van der Waals surface area contributed by atoms with E-state index in [-0.39, 0.29) is 36.4 Å². The predicted octanol–water partition coefficient (Wildman–Crippen LogP) is 5.61. The monoisotopic (exact) mass is 544 g/mol. The van der Waals surface area contributed by atoms with Crippen LogP contribution in [0, 0.1) is 0 Å². The van der Waals surface area contributed by atoms with Crippen molar-refractivity contribution in [2.45, 2.75) is 77.4 Å². The molecule has 1 atom stereocenters. The van der Waals surface area contributed by atoms with Crippen molar-refractivity contribution in [3.63, 3.8) is 0 Å². The zero-order valence-corrected chi connectivity index (χ0v) is 23.0. The van der Waals surface area contributed by atoms with Crippen LogP contribution in [0.3, 0.4) is 0 Å². The number of halogens is 1. The summed E-state index contributed by atoms with van der Waals surface area (Å²) in [5.41, 5.74) is 2.06. The largest absolute Gasteiger partial charge is 0.497 e. The van der Waals surface area contributed by atoms with Crippen molar-refractivity contribution in [2.75, 3.05) is 13.7 Å². The molecule has 1 N–H and O–H groups in total. The second-order valence-electron chi connectivity index (χ2n) is 10.2. The van der Waals surface area contributed by atoms with Crippen molar-refractivity contribution in [3.05, 3.63) is 58.1 Å². The minimum absolute atomic E-state index is 0.00647. The highest BCUT2D eigenvalue weighted by Gasteiger charge is 2.29. The normalized spacial score (nSPS) is 14.9. The van der Waals surface area contributed by atoms with Gasteiger partial charge >= 0.3 is 0 Å². The minimum Gasteiger partial charge on any atom is -0.497 e. The molecular weight excluding hydrogens is 508 g/mol. The number of ether oxygens (including phenoxy) is 2. The first-order chi connectivity index (χ1) is 16.6. The quantitative estimate of drug-likeness (QED) is 0.445. The Morgan fingerprint density at radius 1 is 1.14 bits per heavy atom. The number of carbonyl (C=O) groups excluding carboxylic acids is 2. The molecule has 1 aliphatic carbocycles. The molecule has 0 radical (unpaired) electrons. The zero-order chi connectivity index (χ0) is 25.6. The molecule has 2 aromatic carbocycles. The van der Waals surface area contributed by atoms with Crippen molar-refractivity contribution >= 4 is 27.7 Å². The average molecular weight is 546 g/mol. The summed E-state index contributed by atoms with van der Waals surface area (Å²) < 4.78 is 12.0. The fraction of sp³-hybridized carbons (Fsp3) is 0.500. The number of hydrogen-bond donors (Lipinski definition) is 1. The van der Waals surface area contributed by atoms with Gasteiger partial charge in [-0.05, 0) is 76.5 Å². The summed E-state index contributed by atoms with van der Waals surface area (Å²) in [4.78, 5) is 28.0. The number of carbonyl (C=O) groups is 2. The molecular formula is C28H37BrN2O4. The van der Waals surface area contributed by atoms with Gasteiger partial charge in [0.15, 0.2) is 6.61 Å². The molecule has 190 valence electrons. The zero-order valence-electron chi connectivity index (χ0n) is 21.4. The third-order valence-corrected chi connectivity index (χ3v) is 7.12. The van der Waals surface area contributed by atoms with Crippen molar-refractivity contribution in [1.82, 2.24) is 10.2 Å². The summed E-state index contributed by atoms with van der Waals surface area (Å²) >= 11 is 3.57. The number of nitrogens with zero attached hydrogens (tertiary/aromatic N) is 1. The van der Waals surface area contributed by atoms with Crippen LogP contribution in [0.4, 0.5) is 0 Å². The van der Waals surface area contributed by atoms with E-state index in [2.05, 4.69) is 42.0 Å². The highest BCUT2D eigenvalue weighted by Crippen LogP contribution is 2.31. The highest BCUT2D eigenvalue weighted by atomic mass is 79.9. The summed E-state index contributed by atoms with van der Waals surface area (Å²) in [6.45, 7) is 8.32. The SMILES string of the molecule is COc1cccc(CN(C(=O)COc2ccc(C(C)(C)C)cc2Br)C(C)C(=O)NC2CCCC2)c1. The van der Waals surface area contributed by atoms with Crippen molar-refractivity contribution in [2.24, 2.45) is 0 Å². The first-order valence-corrected chi connectivity index (χ1v) is 13.0. The van der Waals surface area contributed by atoms with Crippen LogP contribution in [0.25, 0.3) is 0 Å². The van der Waals surface area contributed by atoms with Gasteiger partial charge in [-0.1, -0.05) is 51.8 Å². The van der Waals surface area contributed by atoms with Gasteiger partial charge in [0.2, 0.25) is 5.91 Å². The Balaban J connectivity index is 1.75. The highest BCUT2D eigenvalue weighted by molar-refractivity contribution is 9.10. The van der Waals surface area contributed by atoms with Crippen molar-refractivity contribution < 1.29 is 19.1 Å². The molecule has 35 heavy (non-hydrogen) atoms. The van der Waals surface area contributed by atoms with Gasteiger partial charge in [0.05, 0.1) is 11.6 Å². The van der Waals surface area contributed by atoms with E-state index in [1.165, 1.54) is 5.56 Å². The van der Waals surface area contributed by atoms with Crippen LogP contribution < -0.4 is 14.8 Å². The molecule has 0 saturated heterocycles. The molecule has 1 fully saturated rings. The smallest absolute Gasteiger partial charge is 0.261 e. The van der Waals surface area contributed by atoms with Crippen LogP contribution in [0.1, 0.15) is 64.5 Å². The fourth-order valence-electron chi connectivity index (χ4n) is 4.25. The Morgan fingerprint density at radius 2 is 1.86 bits per heavy atom. The van der Waals surface area contributed by atoms with E-state index in [0.717, 1.165) is 35.7 Å². The number of nitrogens with one attached hydrogen (secondary N) is 1. The lowest BCUT2D eigenvalue weighted by Gasteiger charge is -2.30. The van der Waals surface area contributed by atoms with E-state index < -0.39 is 6.04 Å². The van der Waals surface area contributed by atoms with Gasteiger partial charge in [-0.2, -0.15) is 0 Å². The second-order valence-corrected chi connectivity index (χ2v) is 11.1. The van der Waals surface area contributed by atoms with E-state index >= 15 is 0 Å². The molecule has 2 amide bonds. The number of methoxy groups -OCH3 is 1. The van der Waals surface area contributed by atoms with E-state index in [0.29, 0.717) is 11.5 Å². The van der Waals surface area contributed by atoms with E-state index in [1.807, 2.05) is 42.5 Å². The standard InChI is InChI=1S/C28H37BrN2O4/c1-19(27(33)30-22-10-6-7-11-22)31(17-20-9-8-12-23(15-20)34-5)26(32)18-35-25-14-13-21(16-24(25)29)28(2,3)4/h8-9,12-16,19,22H,6-7,10-11,17-18H2,1-5H3,(H,30,33). The molecule has 7 heteroatoms. The Kier molecular flexibility index (Phi) is 9.22. The van der Waals surface area contributed by atoms with Crippen LogP contribution in [-0.2, 0) is 21.5 Å². The molecule has 1 saturated carbocycles. The molecule has 0 aliphatic heterocycles. The third kappa shape index (κ3) is 7.47. The number of benzene rings is 2. The van der Waals surface area contributed by atoms with E-state index in [1.54, 1.807) is 18.9 Å². The lowest BCUT2D eigenvalue weighted by Crippen LogP contribution is -2.50. The molecule has 3 rings (SSSR count). The molecule has 6 nitrogen and oxygen atoms in total. The maximum Gasteiger partial charge on any atom is 0.261 e. The average Bonchev–Trinajstić information content (AvgIpc) is 3.33. The van der Waals surface area contributed by atoms with Crippen LogP contribution in [-0.4, -0.2) is 42.5 Å². The molecule has 0 heterocycles. The predicted molar refractivity (Wildman–Crippen MR) is 142 cm³/mol. The Morgan fingerprint density at radius 3 is 2.49 bits per heavy atom. The van der Waals surface area contributed by atoms with Crippen LogP contribution >= 0.6 is 15.9 Å². The summed E-state index contributed by atoms with van der Waals surface area (Å²) in [5, 5.41) is 3.12. The molecule has 0 spiro atoms. The molecule has 1 unspecified atom stereocenters. The minimum atomic E-state index is -0.635. The van der Waals surface area contributed by atoms with Gasteiger partial charge in [0.1, 0.15) is 17.5 Å². The lowest BCUT2D eigenvalue weighted by atomic mass is 9.87. The fourth-order valence-corrected chi connectivity index (χ4v) is 4.74. The number of rotatable bonds is 9. The third-order valence-electron chi connectivity index (χ3n) is 6.50. The van der Waals surface area contributed by atoms with Crippen LogP contribution in [0.5, 0.6) is 11.5 Å². The van der Waals surface area contributed by atoms with Crippen molar-refractivity contribution in [1.29, 1.82) is 0 Å². The number of amides is 2. The summed E-state index contributed by atoms with van der Waals surface area (Å²) in [7, 11) is 1.61. The van der Waals surface area contributed by atoms with Gasteiger partial charge in [-0.3, -0.25) is 9.59 Å². The molecule has 0 aromatic heterocycles. The van der Waals surface area contributed by atoms with Gasteiger partial charge in [0, 0.05) is 12.6 Å². The summed E-state index contributed by atoms with van der Waals surface area (Å²) in [5.74, 6) is 0.908. The van der Waals surface area contributed by atoms with Crippen LogP contribution in [0.2, 0.25) is 0 Å². The molecule has 0 bridgehead atoms. The Hall–Kier alpha value is -2.54. The van der Waals surface area contributed by atoms with E-state index in [9.17, 15) is 9.59 Å². The number of hydrogen-bond acceptors (Lipinski definition) is 4. The molecule has 1 aliphatic rings. The topological polar surface area (TPSA) is 67.9 Å². The summed E-state index contributed by atoms with van der Waals surface area (Å²) in [6.07, 6.45) is 4.24. The van der Waals surface area contributed by atoms with Crippen molar-refractivity contribution in [3.8, 4) is 11.5 Å². The lowest BCUT2D eigenvalue weighted by molar-refractivity contribution is -0.142. The van der Waals surface area contributed by atoms with E-state index in [4.69, 9.17) is 9.47 Å². The van der Waals surface area contributed by atoms with Gasteiger partial charge in [-0.15, -0.1) is 0 Å². The Bertz CT molecular complexity index is 1030. The van der Waals surface area contributed by atoms with Gasteiger partial charge < -0.3 is 19.7 Å². The second kappa shape index (κ2) is 11.9. The summed E-state index contributed by atoms with van der Waals surface area (Å²) in [6, 6.07) is 13.0. The van der Waals surface area contributed by atoms with Gasteiger partial charge in [-0.25, -0.2) is 0 Å². The van der Waals surface area contributed by atoms with Crippen LogP contribution in [0.15, 0.2) is 46.9 Å².